The molecule has 0 aliphatic carbocycles. The molecule has 1 N–H and O–H groups in total. The SMILES string of the molecule is CCc1cccc(-c2ccc(C(CC)(CC)c3ccc(/C=C/C(O)(CC)CC)c(C)c3)cc2)c1. The van der Waals surface area contributed by atoms with Crippen LogP contribution < -0.4 is 0 Å². The average Bonchev–Trinajstić information content (AvgIpc) is 2.89. The zero-order valence-corrected chi connectivity index (χ0v) is 22.0. The molecule has 0 bridgehead atoms. The number of aryl methyl sites for hydroxylation is 2. The maximum absolute atomic E-state index is 10.6. The normalized spacial score (nSPS) is 12.4. The Kier molecular flexibility index (Phi) is 8.55. The topological polar surface area (TPSA) is 20.2 Å². The summed E-state index contributed by atoms with van der Waals surface area (Å²) in [6.07, 6.45) is 8.66. The Hall–Kier alpha value is -2.64. The van der Waals surface area contributed by atoms with Gasteiger partial charge in [-0.25, -0.2) is 0 Å². The fraction of sp³-hybridized carbons (Fsp3) is 0.394. The first kappa shape index (κ1) is 26.0. The van der Waals surface area contributed by atoms with Crippen LogP contribution in [0.5, 0.6) is 0 Å². The van der Waals surface area contributed by atoms with Crippen LogP contribution in [0.4, 0.5) is 0 Å². The number of hydrogen-bond donors (Lipinski definition) is 1. The van der Waals surface area contributed by atoms with E-state index in [4.69, 9.17) is 0 Å². The van der Waals surface area contributed by atoms with Gasteiger partial charge in [-0.15, -0.1) is 0 Å². The van der Waals surface area contributed by atoms with Crippen LogP contribution in [0.3, 0.4) is 0 Å². The number of hydrogen-bond acceptors (Lipinski definition) is 1. The predicted molar refractivity (Wildman–Crippen MR) is 148 cm³/mol. The van der Waals surface area contributed by atoms with Gasteiger partial charge >= 0.3 is 0 Å². The lowest BCUT2D eigenvalue weighted by Crippen LogP contribution is -2.26. The summed E-state index contributed by atoms with van der Waals surface area (Å²) in [4.78, 5) is 0. The highest BCUT2D eigenvalue weighted by molar-refractivity contribution is 5.65. The van der Waals surface area contributed by atoms with Crippen LogP contribution >= 0.6 is 0 Å². The summed E-state index contributed by atoms with van der Waals surface area (Å²) >= 11 is 0. The predicted octanol–water partition coefficient (Wildman–Crippen LogP) is 8.89. The summed E-state index contributed by atoms with van der Waals surface area (Å²) < 4.78 is 0. The van der Waals surface area contributed by atoms with Crippen LogP contribution in [-0.2, 0) is 11.8 Å². The third-order valence-electron chi connectivity index (χ3n) is 7.93. The van der Waals surface area contributed by atoms with Crippen LogP contribution in [-0.4, -0.2) is 10.7 Å². The molecular formula is C33H42O. The third-order valence-corrected chi connectivity index (χ3v) is 7.93. The molecule has 3 aromatic carbocycles. The van der Waals surface area contributed by atoms with Gasteiger partial charge in [0, 0.05) is 5.41 Å². The first-order valence-corrected chi connectivity index (χ1v) is 13.1. The van der Waals surface area contributed by atoms with E-state index >= 15 is 0 Å². The highest BCUT2D eigenvalue weighted by atomic mass is 16.3. The molecule has 0 spiro atoms. The molecule has 34 heavy (non-hydrogen) atoms. The average molecular weight is 455 g/mol. The minimum Gasteiger partial charge on any atom is -0.386 e. The lowest BCUT2D eigenvalue weighted by Gasteiger charge is -2.34. The summed E-state index contributed by atoms with van der Waals surface area (Å²) in [5.74, 6) is 0. The smallest absolute Gasteiger partial charge is 0.0825 e. The second kappa shape index (κ2) is 11.2. The van der Waals surface area contributed by atoms with E-state index < -0.39 is 5.60 Å². The Morgan fingerprint density at radius 2 is 1.35 bits per heavy atom. The molecule has 0 aliphatic rings. The maximum atomic E-state index is 10.6. The van der Waals surface area contributed by atoms with Gasteiger partial charge in [0.2, 0.25) is 0 Å². The minimum atomic E-state index is -0.722. The van der Waals surface area contributed by atoms with Gasteiger partial charge in [0.1, 0.15) is 0 Å². The van der Waals surface area contributed by atoms with Gasteiger partial charge in [-0.2, -0.15) is 0 Å². The molecule has 0 aliphatic heterocycles. The molecule has 0 heterocycles. The lowest BCUT2D eigenvalue weighted by atomic mass is 9.70. The monoisotopic (exact) mass is 454 g/mol. The van der Waals surface area contributed by atoms with Gasteiger partial charge < -0.3 is 5.11 Å². The van der Waals surface area contributed by atoms with E-state index in [0.717, 1.165) is 32.1 Å². The first-order valence-electron chi connectivity index (χ1n) is 13.1. The molecule has 1 heteroatoms. The van der Waals surface area contributed by atoms with Crippen molar-refractivity contribution in [3.63, 3.8) is 0 Å². The highest BCUT2D eigenvalue weighted by Gasteiger charge is 2.31. The molecule has 0 saturated carbocycles. The van der Waals surface area contributed by atoms with Crippen LogP contribution in [0.15, 0.2) is 72.8 Å². The standard InChI is InChI=1S/C33H42O/c1-7-26-13-12-14-29(24-26)28-16-18-30(19-17-28)33(10-4,11-5)31-20-15-27(25(6)23-31)21-22-32(34,8-2)9-3/h12-24,34H,7-11H2,1-6H3/b22-21+. The lowest BCUT2D eigenvalue weighted by molar-refractivity contribution is 0.0836. The Balaban J connectivity index is 1.95. The van der Waals surface area contributed by atoms with Crippen molar-refractivity contribution in [2.45, 2.75) is 84.7 Å². The van der Waals surface area contributed by atoms with E-state index in [9.17, 15) is 5.11 Å². The fourth-order valence-electron chi connectivity index (χ4n) is 5.08. The van der Waals surface area contributed by atoms with Crippen LogP contribution in [0, 0.1) is 6.92 Å². The Morgan fingerprint density at radius 3 is 1.91 bits per heavy atom. The van der Waals surface area contributed by atoms with Gasteiger partial charge in [0.25, 0.3) is 0 Å². The van der Waals surface area contributed by atoms with Crippen molar-refractivity contribution >= 4 is 6.08 Å². The Labute approximate surface area is 207 Å². The molecule has 0 fully saturated rings. The second-order valence-corrected chi connectivity index (χ2v) is 9.64. The molecule has 0 aromatic heterocycles. The van der Waals surface area contributed by atoms with E-state index in [-0.39, 0.29) is 5.41 Å². The fourth-order valence-corrected chi connectivity index (χ4v) is 5.08. The van der Waals surface area contributed by atoms with Crippen molar-refractivity contribution in [1.29, 1.82) is 0 Å². The van der Waals surface area contributed by atoms with E-state index in [1.54, 1.807) is 0 Å². The zero-order chi connectivity index (χ0) is 24.8. The van der Waals surface area contributed by atoms with Crippen molar-refractivity contribution in [1.82, 2.24) is 0 Å². The quantitative estimate of drug-likeness (QED) is 0.324. The van der Waals surface area contributed by atoms with Gasteiger partial charge in [0.05, 0.1) is 5.60 Å². The molecule has 180 valence electrons. The van der Waals surface area contributed by atoms with Gasteiger partial charge in [-0.1, -0.05) is 114 Å². The zero-order valence-electron chi connectivity index (χ0n) is 22.0. The molecule has 1 nitrogen and oxygen atoms in total. The molecular weight excluding hydrogens is 412 g/mol. The summed E-state index contributed by atoms with van der Waals surface area (Å²) in [5.41, 5.74) is 8.38. The molecule has 0 radical (unpaired) electrons. The van der Waals surface area contributed by atoms with Crippen molar-refractivity contribution in [3.8, 4) is 11.1 Å². The molecule has 0 unspecified atom stereocenters. The largest absolute Gasteiger partial charge is 0.386 e. The van der Waals surface area contributed by atoms with Gasteiger partial charge in [-0.05, 0) is 78.0 Å². The first-order chi connectivity index (χ1) is 16.3. The highest BCUT2D eigenvalue weighted by Crippen LogP contribution is 2.40. The maximum Gasteiger partial charge on any atom is 0.0825 e. The van der Waals surface area contributed by atoms with Crippen molar-refractivity contribution < 1.29 is 5.11 Å². The van der Waals surface area contributed by atoms with Crippen molar-refractivity contribution in [2.24, 2.45) is 0 Å². The van der Waals surface area contributed by atoms with Crippen molar-refractivity contribution in [3.05, 3.63) is 101 Å². The Morgan fingerprint density at radius 1 is 0.706 bits per heavy atom. The van der Waals surface area contributed by atoms with Gasteiger partial charge in [-0.3, -0.25) is 0 Å². The second-order valence-electron chi connectivity index (χ2n) is 9.64. The molecule has 3 aromatic rings. The Bertz CT molecular complexity index is 1100. The van der Waals surface area contributed by atoms with Gasteiger partial charge in [0.15, 0.2) is 0 Å². The van der Waals surface area contributed by atoms with E-state index in [1.807, 2.05) is 19.9 Å². The van der Waals surface area contributed by atoms with Crippen LogP contribution in [0.1, 0.15) is 88.1 Å². The summed E-state index contributed by atoms with van der Waals surface area (Å²) in [5, 5.41) is 10.6. The summed E-state index contributed by atoms with van der Waals surface area (Å²) in [7, 11) is 0. The van der Waals surface area contributed by atoms with E-state index in [0.29, 0.717) is 0 Å². The molecule has 0 amide bonds. The minimum absolute atomic E-state index is 0.00955. The molecule has 0 saturated heterocycles. The van der Waals surface area contributed by atoms with E-state index in [1.165, 1.54) is 38.9 Å². The molecule has 0 atom stereocenters. The van der Waals surface area contributed by atoms with Crippen LogP contribution in [0.2, 0.25) is 0 Å². The number of benzene rings is 3. The van der Waals surface area contributed by atoms with Crippen molar-refractivity contribution in [2.75, 3.05) is 0 Å². The number of aliphatic hydroxyl groups is 1. The summed E-state index contributed by atoms with van der Waals surface area (Å²) in [6.45, 7) is 13.1. The summed E-state index contributed by atoms with van der Waals surface area (Å²) in [6, 6.07) is 24.9. The van der Waals surface area contributed by atoms with Crippen LogP contribution in [0.25, 0.3) is 17.2 Å². The molecule has 3 rings (SSSR count). The number of rotatable bonds is 10. The van der Waals surface area contributed by atoms with E-state index in [2.05, 4.69) is 101 Å². The third kappa shape index (κ3) is 5.36.